The van der Waals surface area contributed by atoms with Crippen molar-refractivity contribution in [1.29, 1.82) is 0 Å². The predicted molar refractivity (Wildman–Crippen MR) is 85.2 cm³/mol. The van der Waals surface area contributed by atoms with Crippen LogP contribution < -0.4 is 0 Å². The van der Waals surface area contributed by atoms with E-state index in [1.165, 1.54) is 29.2 Å². The van der Waals surface area contributed by atoms with Gasteiger partial charge in [0.15, 0.2) is 11.8 Å². The minimum Gasteiger partial charge on any atom is -0.459 e. The number of nitrogens with zero attached hydrogens (tertiary/aromatic N) is 2. The lowest BCUT2D eigenvalue weighted by atomic mass is 9.88. The first kappa shape index (κ1) is 16.8. The molecule has 2 saturated heterocycles. The Bertz CT molecular complexity index is 798. The van der Waals surface area contributed by atoms with Gasteiger partial charge in [-0.05, 0) is 24.6 Å². The number of fused-ring (bicyclic) bond motifs is 1. The molecule has 0 radical (unpaired) electrons. The summed E-state index contributed by atoms with van der Waals surface area (Å²) in [6.07, 6.45) is 1.66. The summed E-state index contributed by atoms with van der Waals surface area (Å²) in [7, 11) is 0. The summed E-state index contributed by atoms with van der Waals surface area (Å²) in [4.78, 5) is 48.1. The summed E-state index contributed by atoms with van der Waals surface area (Å²) >= 11 is 0. The summed E-state index contributed by atoms with van der Waals surface area (Å²) in [5.41, 5.74) is 1.03. The highest BCUT2D eigenvalue weighted by Gasteiger charge is 2.60. The third-order valence-corrected chi connectivity index (χ3v) is 4.63. The Morgan fingerprint density at radius 1 is 1.32 bits per heavy atom. The van der Waals surface area contributed by atoms with E-state index < -0.39 is 22.9 Å². The number of ketones is 1. The number of non-ortho nitro benzene ring substituents is 1. The number of Topliss-reactive ketones (excluding diaryl/α,β-unsaturated/α-hetero) is 1. The van der Waals surface area contributed by atoms with Crippen molar-refractivity contribution in [3.8, 4) is 0 Å². The molecule has 0 N–H and O–H groups in total. The molecule has 0 aromatic heterocycles. The van der Waals surface area contributed by atoms with E-state index in [-0.39, 0.29) is 30.0 Å². The zero-order valence-corrected chi connectivity index (χ0v) is 13.7. The van der Waals surface area contributed by atoms with Gasteiger partial charge in [0.2, 0.25) is 0 Å². The van der Waals surface area contributed by atoms with Crippen LogP contribution >= 0.6 is 0 Å². The number of amides is 1. The molecule has 1 amide bonds. The Labute approximate surface area is 143 Å². The molecular weight excluding hydrogens is 328 g/mol. The maximum Gasteiger partial charge on any atom is 0.337 e. The summed E-state index contributed by atoms with van der Waals surface area (Å²) < 4.78 is 5.16. The molecule has 3 rings (SSSR count). The zero-order chi connectivity index (χ0) is 18.3. The number of benzene rings is 1. The number of ether oxygens (including phenoxy) is 1. The molecule has 3 atom stereocenters. The van der Waals surface area contributed by atoms with Crippen molar-refractivity contribution in [3.63, 3.8) is 0 Å². The molecule has 1 aromatic carbocycles. The minimum atomic E-state index is -1.21. The number of esters is 1. The lowest BCUT2D eigenvalue weighted by molar-refractivity contribution is -0.384. The van der Waals surface area contributed by atoms with Gasteiger partial charge in [-0.15, -0.1) is 0 Å². The first-order chi connectivity index (χ1) is 11.9. The van der Waals surface area contributed by atoms with Gasteiger partial charge < -0.3 is 9.64 Å². The van der Waals surface area contributed by atoms with Gasteiger partial charge in [-0.2, -0.15) is 0 Å². The quantitative estimate of drug-likeness (QED) is 0.204. The normalized spacial score (nSPS) is 26.4. The number of carbonyl (C=O) groups is 3. The molecule has 0 spiro atoms. The highest BCUT2D eigenvalue weighted by atomic mass is 16.6. The van der Waals surface area contributed by atoms with E-state index >= 15 is 0 Å². The molecule has 0 saturated carbocycles. The van der Waals surface area contributed by atoms with E-state index in [1.54, 1.807) is 19.9 Å². The third kappa shape index (κ3) is 2.59. The van der Waals surface area contributed by atoms with E-state index in [0.717, 1.165) is 0 Å². The van der Waals surface area contributed by atoms with Crippen LogP contribution in [-0.2, 0) is 25.7 Å². The molecule has 0 bridgehead atoms. The molecule has 2 aliphatic rings. The molecule has 130 valence electrons. The summed E-state index contributed by atoms with van der Waals surface area (Å²) in [5.74, 6) is -1.87. The van der Waals surface area contributed by atoms with Crippen LogP contribution in [0.5, 0.6) is 0 Å². The van der Waals surface area contributed by atoms with Crippen molar-refractivity contribution in [1.82, 2.24) is 4.90 Å². The highest BCUT2D eigenvalue weighted by molar-refractivity contribution is 6.17. The largest absolute Gasteiger partial charge is 0.459 e. The van der Waals surface area contributed by atoms with Crippen LogP contribution in [0.4, 0.5) is 5.69 Å². The second-order valence-corrected chi connectivity index (χ2v) is 6.03. The Morgan fingerprint density at radius 2 is 1.96 bits per heavy atom. The molecule has 1 aromatic rings. The van der Waals surface area contributed by atoms with Gasteiger partial charge in [-0.25, -0.2) is 4.79 Å². The van der Waals surface area contributed by atoms with Gasteiger partial charge in [0, 0.05) is 23.6 Å². The molecule has 8 heteroatoms. The van der Waals surface area contributed by atoms with E-state index in [2.05, 4.69) is 0 Å². The molecule has 8 nitrogen and oxygen atoms in total. The average Bonchev–Trinajstić information content (AvgIpc) is 2.82. The van der Waals surface area contributed by atoms with Gasteiger partial charge in [0.25, 0.3) is 11.6 Å². The van der Waals surface area contributed by atoms with Crippen LogP contribution in [0.2, 0.25) is 0 Å². The fraction of sp³-hybridized carbons (Fsp3) is 0.353. The van der Waals surface area contributed by atoms with Gasteiger partial charge in [-0.3, -0.25) is 19.7 Å². The number of nitro groups is 1. The second-order valence-electron chi connectivity index (χ2n) is 6.03. The SMILES string of the molecule is C/C=C1/C(=O)N2C(C(=O)OCc3ccc([N+](=O)[O-])cc3)C(=O)[C@H](C)[C@H]12. The number of nitro benzene ring substituents is 1. The maximum absolute atomic E-state index is 12.3. The van der Waals surface area contributed by atoms with E-state index in [0.29, 0.717) is 11.1 Å². The van der Waals surface area contributed by atoms with Crippen molar-refractivity contribution in [2.24, 2.45) is 5.92 Å². The molecule has 0 aliphatic carbocycles. The topological polar surface area (TPSA) is 107 Å². The third-order valence-electron chi connectivity index (χ3n) is 4.63. The number of hydrogen-bond acceptors (Lipinski definition) is 6. The standard InChI is InChI=1S/C17H16N2O6/c1-3-12-13-9(2)15(20)14(18(13)16(12)21)17(22)25-8-10-4-6-11(7-5-10)19(23)24/h3-7,9,13-14H,8H2,1-2H3/b12-3+/t9-,13-,14?/m1/s1. The van der Waals surface area contributed by atoms with Gasteiger partial charge in [0.1, 0.15) is 6.61 Å². The van der Waals surface area contributed by atoms with Crippen LogP contribution in [0.1, 0.15) is 19.4 Å². The van der Waals surface area contributed by atoms with E-state index in [9.17, 15) is 24.5 Å². The van der Waals surface area contributed by atoms with Crippen molar-refractivity contribution < 1.29 is 24.0 Å². The number of carbonyl (C=O) groups excluding carboxylic acids is 3. The number of allylic oxidation sites excluding steroid dienone is 1. The lowest BCUT2D eigenvalue weighted by Gasteiger charge is -2.40. The summed E-state index contributed by atoms with van der Waals surface area (Å²) in [6, 6.07) is 3.98. The lowest BCUT2D eigenvalue weighted by Crippen LogP contribution is -2.58. The number of hydrogen-bond donors (Lipinski definition) is 0. The molecule has 2 fully saturated rings. The summed E-state index contributed by atoms with van der Waals surface area (Å²) in [5, 5.41) is 10.6. The Hall–Kier alpha value is -3.03. The predicted octanol–water partition coefficient (Wildman–Crippen LogP) is 1.38. The second kappa shape index (κ2) is 6.12. The van der Waals surface area contributed by atoms with E-state index in [1.807, 2.05) is 0 Å². The molecular formula is C17H16N2O6. The highest BCUT2D eigenvalue weighted by Crippen LogP contribution is 2.41. The van der Waals surface area contributed by atoms with Crippen molar-refractivity contribution in [2.75, 3.05) is 0 Å². The van der Waals surface area contributed by atoms with Gasteiger partial charge >= 0.3 is 5.97 Å². The Morgan fingerprint density at radius 3 is 2.52 bits per heavy atom. The number of rotatable bonds is 4. The maximum atomic E-state index is 12.3. The Kier molecular flexibility index (Phi) is 4.12. The Balaban J connectivity index is 1.68. The van der Waals surface area contributed by atoms with Crippen LogP contribution in [0.15, 0.2) is 35.9 Å². The van der Waals surface area contributed by atoms with Crippen LogP contribution in [0, 0.1) is 16.0 Å². The number of β-lactam (4-membered cyclic amide) rings is 1. The molecule has 1 unspecified atom stereocenters. The fourth-order valence-electron chi connectivity index (χ4n) is 3.29. The smallest absolute Gasteiger partial charge is 0.337 e. The minimum absolute atomic E-state index is 0.0669. The first-order valence-corrected chi connectivity index (χ1v) is 7.79. The summed E-state index contributed by atoms with van der Waals surface area (Å²) in [6.45, 7) is 3.29. The first-order valence-electron chi connectivity index (χ1n) is 7.79. The van der Waals surface area contributed by atoms with Crippen molar-refractivity contribution in [3.05, 3.63) is 51.6 Å². The van der Waals surface area contributed by atoms with Crippen molar-refractivity contribution in [2.45, 2.75) is 32.5 Å². The van der Waals surface area contributed by atoms with Gasteiger partial charge in [-0.1, -0.05) is 13.0 Å². The molecule has 2 heterocycles. The van der Waals surface area contributed by atoms with Crippen LogP contribution in [-0.4, -0.2) is 39.6 Å². The monoisotopic (exact) mass is 344 g/mol. The zero-order valence-electron chi connectivity index (χ0n) is 13.7. The fourth-order valence-corrected chi connectivity index (χ4v) is 3.29. The van der Waals surface area contributed by atoms with Crippen LogP contribution in [0.25, 0.3) is 0 Å². The van der Waals surface area contributed by atoms with E-state index in [4.69, 9.17) is 4.74 Å². The van der Waals surface area contributed by atoms with Crippen LogP contribution in [0.3, 0.4) is 0 Å². The average molecular weight is 344 g/mol. The molecule has 2 aliphatic heterocycles. The van der Waals surface area contributed by atoms with Gasteiger partial charge in [0.05, 0.1) is 11.0 Å². The molecule has 25 heavy (non-hydrogen) atoms. The van der Waals surface area contributed by atoms with Crippen molar-refractivity contribution >= 4 is 23.3 Å².